The molecule has 3 saturated carbocycles. The first kappa shape index (κ1) is 8.28. The van der Waals surface area contributed by atoms with Crippen LogP contribution in [0, 0.1) is 23.2 Å². The molecule has 0 radical (unpaired) electrons. The van der Waals surface area contributed by atoms with Gasteiger partial charge in [-0.25, -0.2) is 0 Å². The molecular weight excluding hydrogens is 158 g/mol. The molecule has 0 aromatic rings. The van der Waals surface area contributed by atoms with Gasteiger partial charge in [0, 0.05) is 6.04 Å². The Morgan fingerprint density at radius 3 is 2.62 bits per heavy atom. The third kappa shape index (κ3) is 0.918. The highest BCUT2D eigenvalue weighted by molar-refractivity contribution is 5.10. The molecule has 3 aliphatic rings. The minimum Gasteiger partial charge on any atom is -0.327 e. The quantitative estimate of drug-likeness (QED) is 0.607. The molecule has 3 fully saturated rings. The van der Waals surface area contributed by atoms with Crippen LogP contribution in [0.2, 0.25) is 0 Å². The zero-order chi connectivity index (χ0) is 9.05. The van der Waals surface area contributed by atoms with Crippen LogP contribution in [0.25, 0.3) is 0 Å². The monoisotopic (exact) mass is 179 g/mol. The minimum atomic E-state index is 0.566. The summed E-state index contributed by atoms with van der Waals surface area (Å²) in [5.41, 5.74) is 7.04. The lowest BCUT2D eigenvalue weighted by molar-refractivity contribution is 0.134. The highest BCUT2D eigenvalue weighted by Gasteiger charge is 2.58. The standard InChI is InChI=1S/C12H21N/c1-8-4-5-12(7-8)10-3-2-9(6-10)11(12)13/h8-11H,2-7,13H2,1H3/t8-,9-,10+,11-,12-/m1/s1. The second-order valence-electron chi connectivity index (χ2n) is 5.88. The van der Waals surface area contributed by atoms with Crippen molar-refractivity contribution in [2.45, 2.75) is 51.5 Å². The van der Waals surface area contributed by atoms with Crippen molar-refractivity contribution in [2.75, 3.05) is 0 Å². The van der Waals surface area contributed by atoms with Gasteiger partial charge in [0.2, 0.25) is 0 Å². The molecule has 0 aromatic carbocycles. The predicted octanol–water partition coefficient (Wildman–Crippen LogP) is 2.55. The third-order valence-electron chi connectivity index (χ3n) is 5.29. The molecule has 5 atom stereocenters. The number of fused-ring (bicyclic) bond motifs is 3. The summed E-state index contributed by atoms with van der Waals surface area (Å²) in [7, 11) is 0. The van der Waals surface area contributed by atoms with Crippen molar-refractivity contribution in [1.82, 2.24) is 0 Å². The maximum absolute atomic E-state index is 6.42. The van der Waals surface area contributed by atoms with Crippen LogP contribution < -0.4 is 5.73 Å². The Kier molecular flexibility index (Phi) is 1.59. The van der Waals surface area contributed by atoms with E-state index in [0.29, 0.717) is 11.5 Å². The normalized spacial score (nSPS) is 59.5. The molecule has 1 nitrogen and oxygen atoms in total. The molecule has 1 spiro atoms. The van der Waals surface area contributed by atoms with E-state index in [1.165, 1.54) is 38.5 Å². The zero-order valence-electron chi connectivity index (χ0n) is 8.63. The summed E-state index contributed by atoms with van der Waals surface area (Å²) < 4.78 is 0. The van der Waals surface area contributed by atoms with Crippen molar-refractivity contribution < 1.29 is 0 Å². The van der Waals surface area contributed by atoms with E-state index < -0.39 is 0 Å². The second-order valence-corrected chi connectivity index (χ2v) is 5.88. The summed E-state index contributed by atoms with van der Waals surface area (Å²) >= 11 is 0. The van der Waals surface area contributed by atoms with Crippen molar-refractivity contribution in [1.29, 1.82) is 0 Å². The van der Waals surface area contributed by atoms with Gasteiger partial charge in [0.1, 0.15) is 0 Å². The van der Waals surface area contributed by atoms with Crippen LogP contribution in [0.5, 0.6) is 0 Å². The van der Waals surface area contributed by atoms with Crippen LogP contribution >= 0.6 is 0 Å². The van der Waals surface area contributed by atoms with Crippen LogP contribution in [-0.4, -0.2) is 6.04 Å². The van der Waals surface area contributed by atoms with Crippen LogP contribution in [0.4, 0.5) is 0 Å². The SMILES string of the molecule is C[C@@H]1CC[C@@]2(C1)[C@H]1CC[C@H](C1)[C@H]2N. The van der Waals surface area contributed by atoms with E-state index in [1.807, 2.05) is 0 Å². The first-order chi connectivity index (χ1) is 6.22. The van der Waals surface area contributed by atoms with E-state index >= 15 is 0 Å². The van der Waals surface area contributed by atoms with Crippen LogP contribution in [-0.2, 0) is 0 Å². The van der Waals surface area contributed by atoms with Gasteiger partial charge in [-0.2, -0.15) is 0 Å². The maximum atomic E-state index is 6.42. The number of nitrogens with two attached hydrogens (primary N) is 1. The summed E-state index contributed by atoms with van der Waals surface area (Å²) in [6.45, 7) is 2.41. The van der Waals surface area contributed by atoms with Gasteiger partial charge in [-0.3, -0.25) is 0 Å². The summed E-state index contributed by atoms with van der Waals surface area (Å²) in [5.74, 6) is 2.86. The number of hydrogen-bond donors (Lipinski definition) is 1. The summed E-state index contributed by atoms with van der Waals surface area (Å²) in [6.07, 6.45) is 8.71. The number of rotatable bonds is 0. The van der Waals surface area contributed by atoms with E-state index in [4.69, 9.17) is 5.73 Å². The molecule has 3 rings (SSSR count). The van der Waals surface area contributed by atoms with Gasteiger partial charge in [-0.15, -0.1) is 0 Å². The Hall–Kier alpha value is -0.0400. The van der Waals surface area contributed by atoms with Crippen molar-refractivity contribution in [3.63, 3.8) is 0 Å². The summed E-state index contributed by atoms with van der Waals surface area (Å²) in [6, 6.07) is 0.566. The highest BCUT2D eigenvalue weighted by atomic mass is 14.8. The lowest BCUT2D eigenvalue weighted by Crippen LogP contribution is -2.44. The fourth-order valence-electron chi connectivity index (χ4n) is 4.65. The van der Waals surface area contributed by atoms with Crippen molar-refractivity contribution >= 4 is 0 Å². The van der Waals surface area contributed by atoms with Gasteiger partial charge in [-0.05, 0) is 55.3 Å². The molecule has 0 heterocycles. The van der Waals surface area contributed by atoms with E-state index in [0.717, 1.165) is 17.8 Å². The molecule has 0 aromatic heterocycles. The van der Waals surface area contributed by atoms with E-state index in [-0.39, 0.29) is 0 Å². The van der Waals surface area contributed by atoms with Crippen molar-refractivity contribution in [2.24, 2.45) is 28.9 Å². The molecule has 13 heavy (non-hydrogen) atoms. The molecule has 0 amide bonds. The van der Waals surface area contributed by atoms with E-state index in [2.05, 4.69) is 6.92 Å². The largest absolute Gasteiger partial charge is 0.327 e. The Morgan fingerprint density at radius 1 is 1.23 bits per heavy atom. The fourth-order valence-corrected chi connectivity index (χ4v) is 4.65. The Labute approximate surface area is 81.1 Å². The van der Waals surface area contributed by atoms with E-state index in [1.54, 1.807) is 0 Å². The summed E-state index contributed by atoms with van der Waals surface area (Å²) in [5, 5.41) is 0. The van der Waals surface area contributed by atoms with Gasteiger partial charge in [0.05, 0.1) is 0 Å². The molecule has 1 heteroatoms. The van der Waals surface area contributed by atoms with Crippen LogP contribution in [0.3, 0.4) is 0 Å². The smallest absolute Gasteiger partial charge is 0.0127 e. The summed E-state index contributed by atoms with van der Waals surface area (Å²) in [4.78, 5) is 0. The van der Waals surface area contributed by atoms with Gasteiger partial charge >= 0.3 is 0 Å². The first-order valence-electron chi connectivity index (χ1n) is 5.98. The lowest BCUT2D eigenvalue weighted by Gasteiger charge is -2.39. The molecule has 74 valence electrons. The maximum Gasteiger partial charge on any atom is 0.0127 e. The average Bonchev–Trinajstić information content (AvgIpc) is 2.73. The molecule has 0 unspecified atom stereocenters. The van der Waals surface area contributed by atoms with E-state index in [9.17, 15) is 0 Å². The fraction of sp³-hybridized carbons (Fsp3) is 1.00. The van der Waals surface area contributed by atoms with Crippen LogP contribution in [0.15, 0.2) is 0 Å². The average molecular weight is 179 g/mol. The zero-order valence-corrected chi connectivity index (χ0v) is 8.63. The molecular formula is C12H21N. The lowest BCUT2D eigenvalue weighted by atomic mass is 9.68. The van der Waals surface area contributed by atoms with Crippen molar-refractivity contribution in [3.05, 3.63) is 0 Å². The third-order valence-corrected chi connectivity index (χ3v) is 5.29. The Bertz CT molecular complexity index is 221. The van der Waals surface area contributed by atoms with Gasteiger partial charge in [-0.1, -0.05) is 13.3 Å². The molecule has 0 saturated heterocycles. The topological polar surface area (TPSA) is 26.0 Å². The molecule has 3 aliphatic carbocycles. The van der Waals surface area contributed by atoms with Crippen molar-refractivity contribution in [3.8, 4) is 0 Å². The Morgan fingerprint density at radius 2 is 2.08 bits per heavy atom. The van der Waals surface area contributed by atoms with Gasteiger partial charge in [0.15, 0.2) is 0 Å². The minimum absolute atomic E-state index is 0.566. The Balaban J connectivity index is 1.90. The molecule has 2 bridgehead atoms. The second kappa shape index (κ2) is 2.50. The van der Waals surface area contributed by atoms with Gasteiger partial charge < -0.3 is 5.73 Å². The number of hydrogen-bond acceptors (Lipinski definition) is 1. The predicted molar refractivity (Wildman–Crippen MR) is 54.3 cm³/mol. The van der Waals surface area contributed by atoms with Crippen LogP contribution in [0.1, 0.15) is 45.4 Å². The molecule has 2 N–H and O–H groups in total. The molecule has 0 aliphatic heterocycles. The van der Waals surface area contributed by atoms with Gasteiger partial charge in [0.25, 0.3) is 0 Å². The highest BCUT2D eigenvalue weighted by Crippen LogP contribution is 2.62. The first-order valence-corrected chi connectivity index (χ1v) is 5.98.